The van der Waals surface area contributed by atoms with Crippen molar-refractivity contribution in [3.8, 4) is 0 Å². The summed E-state index contributed by atoms with van der Waals surface area (Å²) in [4.78, 5) is 18.5. The minimum atomic E-state index is -4.43. The van der Waals surface area contributed by atoms with Gasteiger partial charge >= 0.3 is 7.82 Å². The lowest BCUT2D eigenvalue weighted by molar-refractivity contribution is -0.0572. The maximum Gasteiger partial charge on any atom is 0.469 e. The summed E-state index contributed by atoms with van der Waals surface area (Å²) in [6, 6.07) is 0. The number of hydrogen-bond acceptors (Lipinski definition) is 3. The van der Waals surface area contributed by atoms with Gasteiger partial charge in [0.15, 0.2) is 0 Å². The molecule has 190 valence electrons. The highest BCUT2D eigenvalue weighted by molar-refractivity contribution is 7.46. The molecule has 0 aromatic heterocycles. The van der Waals surface area contributed by atoms with Gasteiger partial charge in [0.1, 0.15) is 0 Å². The molecule has 0 heterocycles. The second kappa shape index (κ2) is 9.04. The van der Waals surface area contributed by atoms with Gasteiger partial charge in [-0.1, -0.05) is 45.3 Å². The van der Waals surface area contributed by atoms with E-state index >= 15 is 0 Å². The van der Waals surface area contributed by atoms with Crippen molar-refractivity contribution < 1.29 is 24.0 Å². The molecule has 8 atom stereocenters. The van der Waals surface area contributed by atoms with Gasteiger partial charge in [0, 0.05) is 0 Å². The zero-order chi connectivity index (χ0) is 24.2. The van der Waals surface area contributed by atoms with E-state index in [0.717, 1.165) is 49.9 Å². The molecule has 0 aromatic carbocycles. The van der Waals surface area contributed by atoms with Crippen LogP contribution in [-0.2, 0) is 9.09 Å². The number of phosphoric ester groups is 1. The first kappa shape index (κ1) is 25.9. The van der Waals surface area contributed by atoms with Gasteiger partial charge in [0.25, 0.3) is 0 Å². The Morgan fingerprint density at radius 1 is 1.15 bits per heavy atom. The molecule has 0 radical (unpaired) electrons. The van der Waals surface area contributed by atoms with Crippen LogP contribution < -0.4 is 0 Å². The van der Waals surface area contributed by atoms with Gasteiger partial charge in [-0.3, -0.25) is 4.52 Å². The van der Waals surface area contributed by atoms with E-state index in [1.54, 1.807) is 0 Å². The highest BCUT2D eigenvalue weighted by Gasteiger charge is 2.59. The van der Waals surface area contributed by atoms with Crippen molar-refractivity contribution in [3.05, 3.63) is 11.6 Å². The Morgan fingerprint density at radius 3 is 2.55 bits per heavy atom. The van der Waals surface area contributed by atoms with Gasteiger partial charge < -0.3 is 14.9 Å². The van der Waals surface area contributed by atoms with E-state index in [1.165, 1.54) is 37.7 Å². The van der Waals surface area contributed by atoms with Gasteiger partial charge in [-0.2, -0.15) is 0 Å². The quantitative estimate of drug-likeness (QED) is 0.280. The molecule has 3 N–H and O–H groups in total. The smallest absolute Gasteiger partial charge is 0.390 e. The third-order valence-electron chi connectivity index (χ3n) is 10.6. The molecule has 4 aliphatic carbocycles. The van der Waals surface area contributed by atoms with Gasteiger partial charge in [-0.15, -0.1) is 0 Å². The highest BCUT2D eigenvalue weighted by Crippen LogP contribution is 2.67. The average molecular weight is 483 g/mol. The Morgan fingerprint density at radius 2 is 1.88 bits per heavy atom. The van der Waals surface area contributed by atoms with Gasteiger partial charge in [-0.25, -0.2) is 4.57 Å². The van der Waals surface area contributed by atoms with Crippen LogP contribution in [0, 0.1) is 40.4 Å². The van der Waals surface area contributed by atoms with Crippen LogP contribution in [0.5, 0.6) is 0 Å². The molecule has 4 aliphatic rings. The lowest BCUT2D eigenvalue weighted by Crippen LogP contribution is -2.51. The van der Waals surface area contributed by atoms with Crippen molar-refractivity contribution in [2.24, 2.45) is 40.4 Å². The standard InChI is InChI=1S/C27H47O5P/c1-18(7-6-14-25(2,3)28)22-10-11-23-21-9-8-19-17-20(32-33(29,30)31)12-15-26(19,4)24(21)13-16-27(22,23)5/h8,18,20-24,28H,6-7,9-17H2,1-5H3,(H2,29,30,31)/t18-,20+,21+,22-,23+,24+,26+,27-/m1/s1. The number of allylic oxidation sites excluding steroid dienone is 1. The zero-order valence-corrected chi connectivity index (χ0v) is 22.3. The minimum Gasteiger partial charge on any atom is -0.390 e. The molecule has 0 saturated heterocycles. The van der Waals surface area contributed by atoms with Gasteiger partial charge in [0.05, 0.1) is 11.7 Å². The summed E-state index contributed by atoms with van der Waals surface area (Å²) >= 11 is 0. The van der Waals surface area contributed by atoms with Crippen LogP contribution in [0.25, 0.3) is 0 Å². The molecule has 33 heavy (non-hydrogen) atoms. The molecule has 0 bridgehead atoms. The average Bonchev–Trinajstić information content (AvgIpc) is 3.03. The van der Waals surface area contributed by atoms with Crippen LogP contribution in [0.15, 0.2) is 11.6 Å². The molecule has 3 saturated carbocycles. The van der Waals surface area contributed by atoms with E-state index in [2.05, 4.69) is 26.8 Å². The summed E-state index contributed by atoms with van der Waals surface area (Å²) in [7, 11) is -4.43. The first-order chi connectivity index (χ1) is 15.2. The van der Waals surface area contributed by atoms with Crippen molar-refractivity contribution in [2.45, 2.75) is 117 Å². The molecule has 0 aromatic rings. The number of phosphoric acid groups is 1. The Balaban J connectivity index is 1.45. The highest BCUT2D eigenvalue weighted by atomic mass is 31.2. The van der Waals surface area contributed by atoms with E-state index in [-0.39, 0.29) is 11.5 Å². The Bertz CT molecular complexity index is 797. The van der Waals surface area contributed by atoms with Crippen molar-refractivity contribution in [2.75, 3.05) is 0 Å². The van der Waals surface area contributed by atoms with Gasteiger partial charge in [-0.05, 0) is 112 Å². The summed E-state index contributed by atoms with van der Waals surface area (Å²) < 4.78 is 16.5. The summed E-state index contributed by atoms with van der Waals surface area (Å²) in [6.45, 7) is 11.3. The molecular weight excluding hydrogens is 435 g/mol. The minimum absolute atomic E-state index is 0.162. The summed E-state index contributed by atoms with van der Waals surface area (Å²) in [5.41, 5.74) is 1.43. The van der Waals surface area contributed by atoms with Crippen LogP contribution in [0.1, 0.15) is 105 Å². The van der Waals surface area contributed by atoms with Crippen LogP contribution in [-0.4, -0.2) is 26.6 Å². The molecule has 0 aliphatic heterocycles. The number of aliphatic hydroxyl groups is 1. The maximum absolute atomic E-state index is 11.4. The fourth-order valence-corrected chi connectivity index (χ4v) is 9.51. The molecule has 6 heteroatoms. The predicted octanol–water partition coefficient (Wildman–Crippen LogP) is 6.62. The Kier molecular flexibility index (Phi) is 7.09. The molecule has 0 unspecified atom stereocenters. The van der Waals surface area contributed by atoms with E-state index in [4.69, 9.17) is 4.52 Å². The van der Waals surface area contributed by atoms with Crippen LogP contribution >= 0.6 is 7.82 Å². The number of rotatable bonds is 7. The van der Waals surface area contributed by atoms with Gasteiger partial charge in [0.2, 0.25) is 0 Å². The molecule has 3 fully saturated rings. The largest absolute Gasteiger partial charge is 0.469 e. The summed E-state index contributed by atoms with van der Waals surface area (Å²) in [5.74, 6) is 3.72. The third kappa shape index (κ3) is 5.19. The Labute approximate surface area is 201 Å². The van der Waals surface area contributed by atoms with Crippen LogP contribution in [0.3, 0.4) is 0 Å². The van der Waals surface area contributed by atoms with Crippen molar-refractivity contribution >= 4 is 7.82 Å². The van der Waals surface area contributed by atoms with Crippen molar-refractivity contribution in [1.29, 1.82) is 0 Å². The normalized spacial score (nSPS) is 42.2. The monoisotopic (exact) mass is 482 g/mol. The lowest BCUT2D eigenvalue weighted by atomic mass is 9.47. The fraction of sp³-hybridized carbons (Fsp3) is 0.926. The Hall–Kier alpha value is -0.190. The molecule has 4 rings (SSSR count). The van der Waals surface area contributed by atoms with E-state index < -0.39 is 13.4 Å². The number of fused-ring (bicyclic) bond motifs is 5. The first-order valence-electron chi connectivity index (χ1n) is 13.4. The molecule has 0 spiro atoms. The van der Waals surface area contributed by atoms with Crippen molar-refractivity contribution in [3.63, 3.8) is 0 Å². The van der Waals surface area contributed by atoms with E-state index in [1.807, 2.05) is 13.8 Å². The second-order valence-electron chi connectivity index (χ2n) is 13.1. The number of hydrogen-bond donors (Lipinski definition) is 3. The van der Waals surface area contributed by atoms with E-state index in [0.29, 0.717) is 23.7 Å². The molecule has 5 nitrogen and oxygen atoms in total. The van der Waals surface area contributed by atoms with Crippen molar-refractivity contribution in [1.82, 2.24) is 0 Å². The van der Waals surface area contributed by atoms with Crippen LogP contribution in [0.4, 0.5) is 0 Å². The lowest BCUT2D eigenvalue weighted by Gasteiger charge is -2.58. The maximum atomic E-state index is 11.4. The summed E-state index contributed by atoms with van der Waals surface area (Å²) in [6.07, 6.45) is 14.1. The first-order valence-corrected chi connectivity index (χ1v) is 14.9. The SMILES string of the molecule is C[C@H](CCCC(C)(C)O)[C@H]1CC[C@H]2[C@@H]3CC=C4C[C@@H](OP(=O)(O)O)CC[C@]4(C)[C@H]3CC[C@]12C. The van der Waals surface area contributed by atoms with Crippen LogP contribution in [0.2, 0.25) is 0 Å². The predicted molar refractivity (Wildman–Crippen MR) is 131 cm³/mol. The molecule has 0 amide bonds. The topological polar surface area (TPSA) is 87.0 Å². The fourth-order valence-electron chi connectivity index (χ4n) is 8.94. The molecular formula is C27H47O5P. The second-order valence-corrected chi connectivity index (χ2v) is 14.3. The zero-order valence-electron chi connectivity index (χ0n) is 21.4. The van der Waals surface area contributed by atoms with E-state index in [9.17, 15) is 19.5 Å². The third-order valence-corrected chi connectivity index (χ3v) is 11.1. The summed E-state index contributed by atoms with van der Waals surface area (Å²) in [5, 5.41) is 10.1.